The summed E-state index contributed by atoms with van der Waals surface area (Å²) in [6, 6.07) is 8.70. The van der Waals surface area contributed by atoms with E-state index in [0.717, 1.165) is 31.9 Å². The van der Waals surface area contributed by atoms with Crippen LogP contribution in [0.4, 0.5) is 5.69 Å². The number of benzene rings is 1. The van der Waals surface area contributed by atoms with E-state index in [2.05, 4.69) is 51.1 Å². The number of aromatic amines is 1. The van der Waals surface area contributed by atoms with Gasteiger partial charge in [-0.15, -0.1) is 0 Å². The summed E-state index contributed by atoms with van der Waals surface area (Å²) in [6.07, 6.45) is 3.56. The Morgan fingerprint density at radius 3 is 2.39 bits per heavy atom. The normalized spacial score (nSPS) is 17.1. The van der Waals surface area contributed by atoms with Gasteiger partial charge in [-0.1, -0.05) is 12.1 Å². The summed E-state index contributed by atoms with van der Waals surface area (Å²) in [5.74, 6) is 0. The van der Waals surface area contributed by atoms with E-state index >= 15 is 0 Å². The molecule has 1 aliphatic heterocycles. The molecule has 0 spiro atoms. The standard InChI is InChI=1S/C14H18N4/c1-17-6-8-18(9-7-17)13-4-2-12(3-5-13)14-10-15-11-16-14/h2-5,10-11H,6-9H2,1H3,(H,15,16). The van der Waals surface area contributed by atoms with Gasteiger partial charge in [-0.25, -0.2) is 4.98 Å². The quantitative estimate of drug-likeness (QED) is 0.872. The van der Waals surface area contributed by atoms with E-state index in [1.54, 1.807) is 6.33 Å². The third-order valence-corrected chi connectivity index (χ3v) is 3.54. The second-order valence-corrected chi connectivity index (χ2v) is 4.80. The minimum absolute atomic E-state index is 1.07. The number of nitrogens with zero attached hydrogens (tertiary/aromatic N) is 3. The van der Waals surface area contributed by atoms with Crippen molar-refractivity contribution in [3.8, 4) is 11.3 Å². The molecular weight excluding hydrogens is 224 g/mol. The Morgan fingerprint density at radius 1 is 1.06 bits per heavy atom. The van der Waals surface area contributed by atoms with Crippen LogP contribution in [0.2, 0.25) is 0 Å². The van der Waals surface area contributed by atoms with Crippen molar-refractivity contribution in [2.75, 3.05) is 38.1 Å². The van der Waals surface area contributed by atoms with Gasteiger partial charge in [0.1, 0.15) is 0 Å². The predicted molar refractivity (Wildman–Crippen MR) is 73.7 cm³/mol. The Balaban J connectivity index is 1.75. The SMILES string of the molecule is CN1CCN(c2ccc(-c3cnc[nH]3)cc2)CC1. The van der Waals surface area contributed by atoms with Gasteiger partial charge in [0, 0.05) is 31.9 Å². The average molecular weight is 242 g/mol. The van der Waals surface area contributed by atoms with Gasteiger partial charge in [-0.05, 0) is 24.7 Å². The molecule has 1 aromatic carbocycles. The van der Waals surface area contributed by atoms with Gasteiger partial charge in [-0.3, -0.25) is 0 Å². The highest BCUT2D eigenvalue weighted by Crippen LogP contribution is 2.22. The predicted octanol–water partition coefficient (Wildman–Crippen LogP) is 1.83. The molecule has 94 valence electrons. The maximum absolute atomic E-state index is 4.05. The van der Waals surface area contributed by atoms with Crippen molar-refractivity contribution in [3.63, 3.8) is 0 Å². The summed E-state index contributed by atoms with van der Waals surface area (Å²) in [6.45, 7) is 4.50. The first-order valence-electron chi connectivity index (χ1n) is 6.35. The van der Waals surface area contributed by atoms with Gasteiger partial charge in [0.15, 0.2) is 0 Å². The van der Waals surface area contributed by atoms with Crippen LogP contribution in [-0.2, 0) is 0 Å². The van der Waals surface area contributed by atoms with Crippen LogP contribution in [0, 0.1) is 0 Å². The van der Waals surface area contributed by atoms with Crippen molar-refractivity contribution in [3.05, 3.63) is 36.8 Å². The molecule has 2 aromatic rings. The number of nitrogens with one attached hydrogen (secondary N) is 1. The molecule has 1 fully saturated rings. The Labute approximate surface area is 107 Å². The summed E-state index contributed by atoms with van der Waals surface area (Å²) in [5, 5.41) is 0. The fraction of sp³-hybridized carbons (Fsp3) is 0.357. The number of rotatable bonds is 2. The van der Waals surface area contributed by atoms with Gasteiger partial charge in [-0.2, -0.15) is 0 Å². The van der Waals surface area contributed by atoms with Crippen LogP contribution >= 0.6 is 0 Å². The zero-order valence-electron chi connectivity index (χ0n) is 10.6. The van der Waals surface area contributed by atoms with Crippen molar-refractivity contribution in [1.29, 1.82) is 0 Å². The molecule has 2 heterocycles. The first-order chi connectivity index (χ1) is 8.83. The lowest BCUT2D eigenvalue weighted by molar-refractivity contribution is 0.313. The van der Waals surface area contributed by atoms with Crippen molar-refractivity contribution in [1.82, 2.24) is 14.9 Å². The largest absolute Gasteiger partial charge is 0.369 e. The van der Waals surface area contributed by atoms with Crippen LogP contribution in [0.5, 0.6) is 0 Å². The van der Waals surface area contributed by atoms with E-state index in [1.165, 1.54) is 11.3 Å². The van der Waals surface area contributed by atoms with Crippen molar-refractivity contribution in [2.24, 2.45) is 0 Å². The van der Waals surface area contributed by atoms with E-state index in [0.29, 0.717) is 0 Å². The molecule has 0 bridgehead atoms. The minimum Gasteiger partial charge on any atom is -0.369 e. The first-order valence-corrected chi connectivity index (χ1v) is 6.35. The third kappa shape index (κ3) is 2.24. The lowest BCUT2D eigenvalue weighted by Gasteiger charge is -2.34. The topological polar surface area (TPSA) is 35.2 Å². The molecule has 0 aliphatic carbocycles. The molecule has 0 amide bonds. The summed E-state index contributed by atoms with van der Waals surface area (Å²) >= 11 is 0. The molecule has 1 aliphatic rings. The van der Waals surface area contributed by atoms with Crippen LogP contribution in [0.25, 0.3) is 11.3 Å². The van der Waals surface area contributed by atoms with Gasteiger partial charge >= 0.3 is 0 Å². The highest BCUT2D eigenvalue weighted by molar-refractivity contribution is 5.62. The zero-order chi connectivity index (χ0) is 12.4. The van der Waals surface area contributed by atoms with Crippen LogP contribution in [-0.4, -0.2) is 48.1 Å². The van der Waals surface area contributed by atoms with Gasteiger partial charge in [0.2, 0.25) is 0 Å². The molecule has 1 saturated heterocycles. The number of likely N-dealkylation sites (N-methyl/N-ethyl adjacent to an activating group) is 1. The van der Waals surface area contributed by atoms with Crippen LogP contribution in [0.1, 0.15) is 0 Å². The maximum atomic E-state index is 4.05. The second kappa shape index (κ2) is 4.82. The van der Waals surface area contributed by atoms with Crippen LogP contribution in [0.3, 0.4) is 0 Å². The molecule has 1 aromatic heterocycles. The fourth-order valence-electron chi connectivity index (χ4n) is 2.33. The lowest BCUT2D eigenvalue weighted by atomic mass is 10.1. The van der Waals surface area contributed by atoms with Crippen molar-refractivity contribution < 1.29 is 0 Å². The molecule has 4 heteroatoms. The van der Waals surface area contributed by atoms with Gasteiger partial charge < -0.3 is 14.8 Å². The lowest BCUT2D eigenvalue weighted by Crippen LogP contribution is -2.44. The van der Waals surface area contributed by atoms with E-state index in [4.69, 9.17) is 0 Å². The van der Waals surface area contributed by atoms with Crippen molar-refractivity contribution >= 4 is 5.69 Å². The molecule has 1 N–H and O–H groups in total. The number of anilines is 1. The summed E-state index contributed by atoms with van der Waals surface area (Å²) in [7, 11) is 2.18. The second-order valence-electron chi connectivity index (χ2n) is 4.80. The van der Waals surface area contributed by atoms with E-state index in [-0.39, 0.29) is 0 Å². The molecule has 4 nitrogen and oxygen atoms in total. The number of hydrogen-bond acceptors (Lipinski definition) is 3. The van der Waals surface area contributed by atoms with Crippen molar-refractivity contribution in [2.45, 2.75) is 0 Å². The smallest absolute Gasteiger partial charge is 0.0924 e. The monoisotopic (exact) mass is 242 g/mol. The Kier molecular flexibility index (Phi) is 3.02. The summed E-state index contributed by atoms with van der Waals surface area (Å²) in [5.41, 5.74) is 3.57. The zero-order valence-corrected chi connectivity index (χ0v) is 10.6. The molecule has 18 heavy (non-hydrogen) atoms. The average Bonchev–Trinajstić information content (AvgIpc) is 2.94. The molecule has 3 rings (SSSR count). The minimum atomic E-state index is 1.07. The summed E-state index contributed by atoms with van der Waals surface area (Å²) in [4.78, 5) is 12.0. The summed E-state index contributed by atoms with van der Waals surface area (Å²) < 4.78 is 0. The number of hydrogen-bond donors (Lipinski definition) is 1. The highest BCUT2D eigenvalue weighted by Gasteiger charge is 2.13. The maximum Gasteiger partial charge on any atom is 0.0924 e. The molecule has 0 saturated carbocycles. The van der Waals surface area contributed by atoms with E-state index < -0.39 is 0 Å². The van der Waals surface area contributed by atoms with E-state index in [1.807, 2.05) is 6.20 Å². The Morgan fingerprint density at radius 2 is 1.78 bits per heavy atom. The van der Waals surface area contributed by atoms with Gasteiger partial charge in [0.05, 0.1) is 18.2 Å². The number of imidazole rings is 1. The molecule has 0 atom stereocenters. The number of H-pyrrole nitrogens is 1. The first kappa shape index (κ1) is 11.3. The highest BCUT2D eigenvalue weighted by atomic mass is 15.2. The molecular formula is C14H18N4. The number of piperazine rings is 1. The number of aromatic nitrogens is 2. The molecule has 0 unspecified atom stereocenters. The molecule has 0 radical (unpaired) electrons. The third-order valence-electron chi connectivity index (χ3n) is 3.54. The van der Waals surface area contributed by atoms with E-state index in [9.17, 15) is 0 Å². The van der Waals surface area contributed by atoms with Gasteiger partial charge in [0.25, 0.3) is 0 Å². The van der Waals surface area contributed by atoms with Crippen LogP contribution < -0.4 is 4.90 Å². The van der Waals surface area contributed by atoms with Crippen LogP contribution in [0.15, 0.2) is 36.8 Å². The fourth-order valence-corrected chi connectivity index (χ4v) is 2.33. The Hall–Kier alpha value is -1.81. The Bertz CT molecular complexity index is 481.